The quantitative estimate of drug-likeness (QED) is 0.363. The zero-order chi connectivity index (χ0) is 16.6. The molecule has 2 heterocycles. The molecule has 4 aromatic rings. The van der Waals surface area contributed by atoms with Gasteiger partial charge in [-0.2, -0.15) is 0 Å². The second kappa shape index (κ2) is 4.53. The number of aromatic amines is 1. The van der Waals surface area contributed by atoms with Gasteiger partial charge in [-0.1, -0.05) is 73.7 Å². The topological polar surface area (TPSA) is 15.8 Å². The predicted molar refractivity (Wildman–Crippen MR) is 109 cm³/mol. The summed E-state index contributed by atoms with van der Waals surface area (Å²) in [6, 6.07) is 13.2. The van der Waals surface area contributed by atoms with Gasteiger partial charge in [0.2, 0.25) is 0 Å². The molecular weight excluding hydrogens is 322 g/mol. The van der Waals surface area contributed by atoms with Crippen molar-refractivity contribution in [2.75, 3.05) is 0 Å². The lowest BCUT2D eigenvalue weighted by Gasteiger charge is -2.35. The number of benzene rings is 2. The van der Waals surface area contributed by atoms with E-state index in [-0.39, 0.29) is 5.41 Å². The number of aromatic nitrogens is 1. The minimum Gasteiger partial charge on any atom is -0.353 e. The molecule has 2 aliphatic rings. The van der Waals surface area contributed by atoms with Gasteiger partial charge in [0.05, 0.1) is 10.2 Å². The highest BCUT2D eigenvalue weighted by molar-refractivity contribution is 7.20. The summed E-state index contributed by atoms with van der Waals surface area (Å²) in [4.78, 5) is 5.16. The highest BCUT2D eigenvalue weighted by Crippen LogP contribution is 2.52. The SMILES string of the molecule is CC12C=CC=CC1c1sc3c(ccc4c5ccccc5[nH]c43)c1C=C2. The summed E-state index contributed by atoms with van der Waals surface area (Å²) in [6.45, 7) is 2.33. The van der Waals surface area contributed by atoms with Crippen LogP contribution in [0.5, 0.6) is 0 Å². The minimum atomic E-state index is 0.0994. The monoisotopic (exact) mass is 339 g/mol. The van der Waals surface area contributed by atoms with Gasteiger partial charge in [0, 0.05) is 37.9 Å². The Labute approximate surface area is 150 Å². The van der Waals surface area contributed by atoms with Crippen LogP contribution in [0.2, 0.25) is 0 Å². The normalized spacial score (nSPS) is 24.3. The van der Waals surface area contributed by atoms with Gasteiger partial charge in [0.25, 0.3) is 0 Å². The average molecular weight is 339 g/mol. The van der Waals surface area contributed by atoms with Crippen LogP contribution in [-0.4, -0.2) is 4.98 Å². The van der Waals surface area contributed by atoms with Gasteiger partial charge in [-0.25, -0.2) is 0 Å². The van der Waals surface area contributed by atoms with Crippen molar-refractivity contribution < 1.29 is 0 Å². The van der Waals surface area contributed by atoms with Gasteiger partial charge < -0.3 is 4.98 Å². The third-order valence-corrected chi connectivity index (χ3v) is 7.16. The van der Waals surface area contributed by atoms with Crippen molar-refractivity contribution in [1.82, 2.24) is 4.98 Å². The number of hydrogen-bond donors (Lipinski definition) is 1. The number of nitrogens with one attached hydrogen (secondary N) is 1. The van der Waals surface area contributed by atoms with Crippen LogP contribution in [0.25, 0.3) is 38.0 Å². The standard InChI is InChI=1S/C23H17NS/c1-23-12-5-4-7-18(23)21-17(11-13-23)16-10-9-15-14-6-2-3-8-19(14)24-20(15)22(16)25-21/h2-13,18,24H,1H3. The molecule has 2 atom stereocenters. The van der Waals surface area contributed by atoms with E-state index in [1.807, 2.05) is 11.3 Å². The van der Waals surface area contributed by atoms with Gasteiger partial charge >= 0.3 is 0 Å². The van der Waals surface area contributed by atoms with E-state index in [1.165, 1.54) is 42.3 Å². The summed E-state index contributed by atoms with van der Waals surface area (Å²) in [7, 11) is 0. The number of thiophene rings is 1. The lowest BCUT2D eigenvalue weighted by Crippen LogP contribution is -2.23. The van der Waals surface area contributed by atoms with Crippen LogP contribution in [0.15, 0.2) is 66.8 Å². The van der Waals surface area contributed by atoms with Crippen molar-refractivity contribution in [3.8, 4) is 0 Å². The number of fused-ring (bicyclic) bond motifs is 9. The Morgan fingerprint density at radius 1 is 0.960 bits per heavy atom. The Morgan fingerprint density at radius 2 is 1.84 bits per heavy atom. The molecule has 120 valence electrons. The Hall–Kier alpha value is -2.58. The van der Waals surface area contributed by atoms with Crippen LogP contribution < -0.4 is 0 Å². The average Bonchev–Trinajstić information content (AvgIpc) is 3.19. The van der Waals surface area contributed by atoms with Gasteiger partial charge in [0.15, 0.2) is 0 Å². The van der Waals surface area contributed by atoms with Crippen LogP contribution in [0, 0.1) is 5.41 Å². The molecule has 0 radical (unpaired) electrons. The molecule has 2 unspecified atom stereocenters. The van der Waals surface area contributed by atoms with Crippen molar-refractivity contribution in [1.29, 1.82) is 0 Å². The second-order valence-corrected chi connectivity index (χ2v) is 8.39. The predicted octanol–water partition coefficient (Wildman–Crippen LogP) is 6.78. The molecule has 2 aromatic heterocycles. The third-order valence-electron chi connectivity index (χ3n) is 5.83. The summed E-state index contributed by atoms with van der Waals surface area (Å²) < 4.78 is 1.38. The molecule has 25 heavy (non-hydrogen) atoms. The summed E-state index contributed by atoms with van der Waals surface area (Å²) in [5, 5.41) is 4.01. The largest absolute Gasteiger partial charge is 0.353 e. The van der Waals surface area contributed by atoms with Crippen LogP contribution in [0.1, 0.15) is 23.3 Å². The maximum Gasteiger partial charge on any atom is 0.0646 e. The molecule has 0 amide bonds. The first-order valence-electron chi connectivity index (χ1n) is 8.76. The van der Waals surface area contributed by atoms with E-state index in [0.29, 0.717) is 5.92 Å². The third kappa shape index (κ3) is 1.68. The van der Waals surface area contributed by atoms with Crippen molar-refractivity contribution in [2.24, 2.45) is 5.41 Å². The van der Waals surface area contributed by atoms with Gasteiger partial charge in [-0.15, -0.1) is 11.3 Å². The molecule has 1 nitrogen and oxygen atoms in total. The van der Waals surface area contributed by atoms with E-state index in [9.17, 15) is 0 Å². The molecule has 0 bridgehead atoms. The Kier molecular flexibility index (Phi) is 2.48. The molecule has 2 aromatic carbocycles. The molecular formula is C23H17NS. The molecule has 0 fully saturated rings. The Balaban J connectivity index is 1.72. The van der Waals surface area contributed by atoms with E-state index in [4.69, 9.17) is 0 Å². The van der Waals surface area contributed by atoms with Gasteiger partial charge in [-0.05, 0) is 11.6 Å². The zero-order valence-electron chi connectivity index (χ0n) is 13.9. The molecule has 0 saturated heterocycles. The fourth-order valence-corrected chi connectivity index (χ4v) is 5.97. The summed E-state index contributed by atoms with van der Waals surface area (Å²) in [5.41, 5.74) is 4.01. The first kappa shape index (κ1) is 13.7. The lowest BCUT2D eigenvalue weighted by molar-refractivity contribution is 0.487. The summed E-state index contributed by atoms with van der Waals surface area (Å²) >= 11 is 1.96. The Morgan fingerprint density at radius 3 is 2.80 bits per heavy atom. The number of hydrogen-bond acceptors (Lipinski definition) is 1. The number of H-pyrrole nitrogens is 1. The van der Waals surface area contributed by atoms with Crippen LogP contribution in [0.3, 0.4) is 0 Å². The molecule has 6 rings (SSSR count). The van der Waals surface area contributed by atoms with Crippen molar-refractivity contribution in [3.63, 3.8) is 0 Å². The highest BCUT2D eigenvalue weighted by Gasteiger charge is 2.36. The first-order valence-corrected chi connectivity index (χ1v) is 9.57. The fraction of sp³-hybridized carbons (Fsp3) is 0.130. The maximum absolute atomic E-state index is 3.67. The number of para-hydroxylation sites is 1. The maximum atomic E-state index is 3.67. The molecule has 0 spiro atoms. The molecule has 1 N–H and O–H groups in total. The van der Waals surface area contributed by atoms with Crippen LogP contribution >= 0.6 is 11.3 Å². The molecule has 2 aliphatic carbocycles. The van der Waals surface area contributed by atoms with Crippen LogP contribution in [-0.2, 0) is 0 Å². The van der Waals surface area contributed by atoms with E-state index >= 15 is 0 Å². The highest BCUT2D eigenvalue weighted by atomic mass is 32.1. The van der Waals surface area contributed by atoms with Crippen molar-refractivity contribution in [3.05, 3.63) is 77.2 Å². The minimum absolute atomic E-state index is 0.0994. The summed E-state index contributed by atoms with van der Waals surface area (Å²) in [5.74, 6) is 0.439. The smallest absolute Gasteiger partial charge is 0.0646 e. The van der Waals surface area contributed by atoms with Crippen LogP contribution in [0.4, 0.5) is 0 Å². The lowest BCUT2D eigenvalue weighted by atomic mass is 9.70. The molecule has 2 heteroatoms. The van der Waals surface area contributed by atoms with E-state index in [1.54, 1.807) is 0 Å². The Bertz CT molecular complexity index is 1260. The fourth-order valence-electron chi connectivity index (χ4n) is 4.45. The van der Waals surface area contributed by atoms with Crippen molar-refractivity contribution >= 4 is 49.3 Å². The van der Waals surface area contributed by atoms with Gasteiger partial charge in [0.1, 0.15) is 0 Å². The van der Waals surface area contributed by atoms with Crippen molar-refractivity contribution in [2.45, 2.75) is 12.8 Å². The number of allylic oxidation sites excluding steroid dienone is 5. The summed E-state index contributed by atoms with van der Waals surface area (Å²) in [6.07, 6.45) is 13.8. The zero-order valence-corrected chi connectivity index (χ0v) is 14.7. The van der Waals surface area contributed by atoms with E-state index in [0.717, 1.165) is 0 Å². The number of rotatable bonds is 0. The van der Waals surface area contributed by atoms with E-state index in [2.05, 4.69) is 84.8 Å². The first-order chi connectivity index (χ1) is 12.2. The molecule has 0 saturated carbocycles. The van der Waals surface area contributed by atoms with Gasteiger partial charge in [-0.3, -0.25) is 0 Å². The molecule has 0 aliphatic heterocycles. The second-order valence-electron chi connectivity index (χ2n) is 7.34. The van der Waals surface area contributed by atoms with E-state index < -0.39 is 0 Å².